The summed E-state index contributed by atoms with van der Waals surface area (Å²) in [6.07, 6.45) is 5.69. The van der Waals surface area contributed by atoms with Crippen molar-refractivity contribution in [1.29, 1.82) is 0 Å². The molecule has 78 valence electrons. The third kappa shape index (κ3) is 3.90. The van der Waals surface area contributed by atoms with E-state index >= 15 is 0 Å². The van der Waals surface area contributed by atoms with Crippen molar-refractivity contribution in [2.24, 2.45) is 5.92 Å². The van der Waals surface area contributed by atoms with Gasteiger partial charge < -0.3 is 5.32 Å². The van der Waals surface area contributed by atoms with Crippen LogP contribution in [0.3, 0.4) is 0 Å². The van der Waals surface area contributed by atoms with Crippen LogP contribution in [0.15, 0.2) is 0 Å². The molecule has 1 rings (SSSR count). The summed E-state index contributed by atoms with van der Waals surface area (Å²) >= 11 is 2.10. The van der Waals surface area contributed by atoms with Gasteiger partial charge in [-0.15, -0.1) is 0 Å². The van der Waals surface area contributed by atoms with Crippen LogP contribution in [0.2, 0.25) is 0 Å². The van der Waals surface area contributed by atoms with E-state index in [-0.39, 0.29) is 0 Å². The lowest BCUT2D eigenvalue weighted by Crippen LogP contribution is -2.29. The lowest BCUT2D eigenvalue weighted by Gasteiger charge is -2.18. The van der Waals surface area contributed by atoms with Gasteiger partial charge >= 0.3 is 0 Å². The van der Waals surface area contributed by atoms with E-state index in [1.165, 1.54) is 31.4 Å². The predicted octanol–water partition coefficient (Wildman–Crippen LogP) is 2.91. The topological polar surface area (TPSA) is 12.0 Å². The van der Waals surface area contributed by atoms with Crippen LogP contribution in [0.1, 0.15) is 39.5 Å². The molecule has 1 N–H and O–H groups in total. The Morgan fingerprint density at radius 2 is 2.15 bits per heavy atom. The Morgan fingerprint density at radius 1 is 1.38 bits per heavy atom. The first kappa shape index (κ1) is 11.4. The summed E-state index contributed by atoms with van der Waals surface area (Å²) in [6, 6.07) is 0.813. The van der Waals surface area contributed by atoms with Gasteiger partial charge in [0.05, 0.1) is 0 Å². The van der Waals surface area contributed by atoms with Crippen LogP contribution >= 0.6 is 11.8 Å². The third-order valence-electron chi connectivity index (χ3n) is 2.97. The minimum Gasteiger partial charge on any atom is -0.317 e. The standard InChI is InChI=1S/C11H23NS/c1-9(2)13-8-7-10-5-4-6-11(10)12-3/h9-12H,4-8H2,1-3H3. The van der Waals surface area contributed by atoms with Crippen molar-refractivity contribution in [3.8, 4) is 0 Å². The molecule has 2 unspecified atom stereocenters. The van der Waals surface area contributed by atoms with E-state index in [0.717, 1.165) is 17.2 Å². The summed E-state index contributed by atoms with van der Waals surface area (Å²) in [6.45, 7) is 4.57. The highest BCUT2D eigenvalue weighted by Crippen LogP contribution is 2.29. The van der Waals surface area contributed by atoms with Crippen LogP contribution in [-0.2, 0) is 0 Å². The van der Waals surface area contributed by atoms with Crippen molar-refractivity contribution >= 4 is 11.8 Å². The van der Waals surface area contributed by atoms with E-state index in [1.54, 1.807) is 0 Å². The van der Waals surface area contributed by atoms with Gasteiger partial charge in [-0.3, -0.25) is 0 Å². The van der Waals surface area contributed by atoms with E-state index in [1.807, 2.05) is 0 Å². The second-order valence-corrected chi connectivity index (χ2v) is 5.98. The van der Waals surface area contributed by atoms with Crippen LogP contribution in [0, 0.1) is 5.92 Å². The molecule has 0 heterocycles. The molecule has 13 heavy (non-hydrogen) atoms. The quantitative estimate of drug-likeness (QED) is 0.734. The second kappa shape index (κ2) is 5.92. The molecule has 1 aliphatic carbocycles. The maximum atomic E-state index is 3.44. The van der Waals surface area contributed by atoms with Crippen molar-refractivity contribution in [2.75, 3.05) is 12.8 Å². The number of nitrogens with one attached hydrogen (secondary N) is 1. The smallest absolute Gasteiger partial charge is 0.00926 e. The van der Waals surface area contributed by atoms with Crippen LogP contribution in [-0.4, -0.2) is 24.1 Å². The van der Waals surface area contributed by atoms with Gasteiger partial charge in [0.2, 0.25) is 0 Å². The number of thioether (sulfide) groups is 1. The van der Waals surface area contributed by atoms with Crippen LogP contribution < -0.4 is 5.32 Å². The van der Waals surface area contributed by atoms with Gasteiger partial charge in [0.15, 0.2) is 0 Å². The molecule has 1 fully saturated rings. The highest BCUT2D eigenvalue weighted by atomic mass is 32.2. The minimum absolute atomic E-state index is 0.800. The molecule has 1 saturated carbocycles. The van der Waals surface area contributed by atoms with Crippen molar-refractivity contribution < 1.29 is 0 Å². The molecule has 0 saturated heterocycles. The van der Waals surface area contributed by atoms with Gasteiger partial charge in [-0.05, 0) is 43.2 Å². The number of rotatable bonds is 5. The summed E-state index contributed by atoms with van der Waals surface area (Å²) in [7, 11) is 2.11. The minimum atomic E-state index is 0.800. The maximum absolute atomic E-state index is 3.44. The first-order valence-electron chi connectivity index (χ1n) is 5.53. The first-order chi connectivity index (χ1) is 6.24. The monoisotopic (exact) mass is 201 g/mol. The largest absolute Gasteiger partial charge is 0.317 e. The second-order valence-electron chi connectivity index (χ2n) is 4.29. The van der Waals surface area contributed by atoms with Gasteiger partial charge in [-0.25, -0.2) is 0 Å². The van der Waals surface area contributed by atoms with Crippen LogP contribution in [0.25, 0.3) is 0 Å². The zero-order valence-corrected chi connectivity index (χ0v) is 9.99. The summed E-state index contributed by atoms with van der Waals surface area (Å²) < 4.78 is 0. The fraction of sp³-hybridized carbons (Fsp3) is 1.00. The van der Waals surface area contributed by atoms with Gasteiger partial charge in [0, 0.05) is 6.04 Å². The lowest BCUT2D eigenvalue weighted by atomic mass is 10.0. The molecular formula is C11H23NS. The van der Waals surface area contributed by atoms with Gasteiger partial charge in [-0.1, -0.05) is 20.3 Å². The zero-order valence-electron chi connectivity index (χ0n) is 9.18. The van der Waals surface area contributed by atoms with Gasteiger partial charge in [-0.2, -0.15) is 11.8 Å². The van der Waals surface area contributed by atoms with E-state index < -0.39 is 0 Å². The molecule has 0 aromatic rings. The summed E-state index contributed by atoms with van der Waals surface area (Å²) in [5, 5.41) is 4.24. The van der Waals surface area contributed by atoms with Crippen LogP contribution in [0.4, 0.5) is 0 Å². The van der Waals surface area contributed by atoms with E-state index in [4.69, 9.17) is 0 Å². The van der Waals surface area contributed by atoms with E-state index in [2.05, 4.69) is 38.0 Å². The average Bonchev–Trinajstić information content (AvgIpc) is 2.51. The highest BCUT2D eigenvalue weighted by molar-refractivity contribution is 7.99. The van der Waals surface area contributed by atoms with E-state index in [9.17, 15) is 0 Å². The zero-order chi connectivity index (χ0) is 9.68. The average molecular weight is 201 g/mol. The molecule has 0 spiro atoms. The molecule has 0 amide bonds. The Labute approximate surface area is 87.1 Å². The molecule has 0 radical (unpaired) electrons. The molecular weight excluding hydrogens is 178 g/mol. The number of hydrogen-bond acceptors (Lipinski definition) is 2. The Hall–Kier alpha value is 0.310. The fourth-order valence-corrected chi connectivity index (χ4v) is 3.13. The Balaban J connectivity index is 2.13. The Morgan fingerprint density at radius 3 is 2.77 bits per heavy atom. The molecule has 1 nitrogen and oxygen atoms in total. The molecule has 0 bridgehead atoms. The third-order valence-corrected chi connectivity index (χ3v) is 4.11. The molecule has 0 aliphatic heterocycles. The highest BCUT2D eigenvalue weighted by Gasteiger charge is 2.24. The molecule has 0 aromatic carbocycles. The van der Waals surface area contributed by atoms with Crippen molar-refractivity contribution in [2.45, 2.75) is 50.8 Å². The van der Waals surface area contributed by atoms with Crippen molar-refractivity contribution in [3.63, 3.8) is 0 Å². The lowest BCUT2D eigenvalue weighted by molar-refractivity contribution is 0.417. The SMILES string of the molecule is CNC1CCCC1CCSC(C)C. The van der Waals surface area contributed by atoms with Crippen LogP contribution in [0.5, 0.6) is 0 Å². The molecule has 0 aromatic heterocycles. The number of hydrogen-bond donors (Lipinski definition) is 1. The van der Waals surface area contributed by atoms with Crippen molar-refractivity contribution in [3.05, 3.63) is 0 Å². The molecule has 2 atom stereocenters. The summed E-state index contributed by atoms with van der Waals surface area (Å²) in [5.41, 5.74) is 0. The normalized spacial score (nSPS) is 28.6. The van der Waals surface area contributed by atoms with Crippen molar-refractivity contribution in [1.82, 2.24) is 5.32 Å². The summed E-state index contributed by atoms with van der Waals surface area (Å²) in [5.74, 6) is 2.30. The maximum Gasteiger partial charge on any atom is 0.00926 e. The fourth-order valence-electron chi connectivity index (χ4n) is 2.22. The predicted molar refractivity (Wildman–Crippen MR) is 62.4 cm³/mol. The van der Waals surface area contributed by atoms with E-state index in [0.29, 0.717) is 0 Å². The Bertz CT molecular complexity index is 136. The van der Waals surface area contributed by atoms with Gasteiger partial charge in [0.1, 0.15) is 0 Å². The summed E-state index contributed by atoms with van der Waals surface area (Å²) in [4.78, 5) is 0. The van der Waals surface area contributed by atoms with Gasteiger partial charge in [0.25, 0.3) is 0 Å². The molecule has 2 heteroatoms. The first-order valence-corrected chi connectivity index (χ1v) is 6.57. The Kier molecular flexibility index (Phi) is 5.18. The molecule has 1 aliphatic rings.